The monoisotopic (exact) mass is 311 g/mol. The summed E-state index contributed by atoms with van der Waals surface area (Å²) < 4.78 is 5.74. The van der Waals surface area contributed by atoms with Gasteiger partial charge in [0.15, 0.2) is 0 Å². The molecule has 0 aromatic carbocycles. The molecule has 3 heterocycles. The summed E-state index contributed by atoms with van der Waals surface area (Å²) in [5.74, 6) is 0.554. The second-order valence-corrected chi connectivity index (χ2v) is 6.07. The van der Waals surface area contributed by atoms with E-state index in [1.54, 1.807) is 11.3 Å². The summed E-state index contributed by atoms with van der Waals surface area (Å²) in [6.07, 6.45) is 0.823. The minimum Gasteiger partial charge on any atom is -0.477 e. The van der Waals surface area contributed by atoms with Crippen LogP contribution in [0.25, 0.3) is 10.2 Å². The van der Waals surface area contributed by atoms with Crippen LogP contribution in [0.4, 0.5) is 0 Å². The van der Waals surface area contributed by atoms with E-state index >= 15 is 0 Å². The van der Waals surface area contributed by atoms with Crippen LogP contribution in [-0.2, 0) is 6.42 Å². The Kier molecular flexibility index (Phi) is 3.63. The maximum Gasteiger partial charge on any atom is 0.227 e. The Balaban J connectivity index is 1.75. The Morgan fingerprint density at radius 2 is 2.21 bits per heavy atom. The summed E-state index contributed by atoms with van der Waals surface area (Å²) in [5, 5.41) is 3.09. The molecule has 19 heavy (non-hydrogen) atoms. The lowest BCUT2D eigenvalue weighted by Crippen LogP contribution is -2.03. The van der Waals surface area contributed by atoms with Crippen molar-refractivity contribution in [2.24, 2.45) is 0 Å². The number of halogens is 1. The van der Waals surface area contributed by atoms with E-state index in [0.29, 0.717) is 12.5 Å². The van der Waals surface area contributed by atoms with Crippen molar-refractivity contribution < 1.29 is 4.74 Å². The van der Waals surface area contributed by atoms with Gasteiger partial charge in [0, 0.05) is 11.3 Å². The number of aromatic nitrogens is 3. The Hall–Kier alpha value is -1.24. The largest absolute Gasteiger partial charge is 0.477 e. The third-order valence-electron chi connectivity index (χ3n) is 2.68. The number of nitrogens with zero attached hydrogens (tertiary/aromatic N) is 3. The molecule has 0 aliphatic carbocycles. The maximum absolute atomic E-state index is 5.88. The molecule has 0 spiro atoms. The molecule has 0 amide bonds. The van der Waals surface area contributed by atoms with Crippen LogP contribution in [-0.4, -0.2) is 21.6 Å². The molecular weight excluding hydrogens is 302 g/mol. The average Bonchev–Trinajstić information content (AvgIpc) is 2.98. The zero-order valence-corrected chi connectivity index (χ0v) is 12.5. The molecule has 0 bridgehead atoms. The molecule has 98 valence electrons. The number of hydrogen-bond acceptors (Lipinski definition) is 6. The molecule has 3 aromatic heterocycles. The fraction of sp³-hybridized carbons (Fsp3) is 0.250. The van der Waals surface area contributed by atoms with Gasteiger partial charge in [-0.2, -0.15) is 4.98 Å². The van der Waals surface area contributed by atoms with Crippen LogP contribution in [0.15, 0.2) is 17.0 Å². The summed E-state index contributed by atoms with van der Waals surface area (Å²) in [7, 11) is 0. The molecule has 7 heteroatoms. The molecule has 0 saturated heterocycles. The van der Waals surface area contributed by atoms with Crippen molar-refractivity contribution in [2.75, 3.05) is 6.61 Å². The quantitative estimate of drug-likeness (QED) is 0.689. The number of fused-ring (bicyclic) bond motifs is 1. The summed E-state index contributed by atoms with van der Waals surface area (Å²) in [4.78, 5) is 14.6. The number of ether oxygens (including phenoxy) is 1. The van der Waals surface area contributed by atoms with E-state index in [-0.39, 0.29) is 5.28 Å². The number of hydrogen-bond donors (Lipinski definition) is 0. The van der Waals surface area contributed by atoms with Crippen LogP contribution in [0.2, 0.25) is 5.28 Å². The highest BCUT2D eigenvalue weighted by molar-refractivity contribution is 7.16. The minimum absolute atomic E-state index is 0.221. The second-order valence-electron chi connectivity index (χ2n) is 3.90. The van der Waals surface area contributed by atoms with Crippen molar-refractivity contribution in [3.8, 4) is 5.88 Å². The number of aryl methyl sites for hydroxylation is 1. The fourth-order valence-corrected chi connectivity index (χ4v) is 3.45. The molecule has 0 N–H and O–H groups in total. The van der Waals surface area contributed by atoms with Gasteiger partial charge < -0.3 is 4.74 Å². The maximum atomic E-state index is 5.88. The van der Waals surface area contributed by atoms with Crippen molar-refractivity contribution in [2.45, 2.75) is 13.3 Å². The third-order valence-corrected chi connectivity index (χ3v) is 4.65. The lowest BCUT2D eigenvalue weighted by Gasteiger charge is -2.06. The fourth-order valence-electron chi connectivity index (χ4n) is 1.72. The first-order chi connectivity index (χ1) is 9.24. The summed E-state index contributed by atoms with van der Waals surface area (Å²) >= 11 is 9.05. The van der Waals surface area contributed by atoms with Gasteiger partial charge in [-0.25, -0.2) is 9.97 Å². The molecule has 4 nitrogen and oxygen atoms in total. The standard InChI is InChI=1S/C12H10ClN3OS2/c1-7-9(19-6-14-7)2-4-17-10-8-3-5-18-11(8)16-12(13)15-10/h3,5-6H,2,4H2,1H3. The molecular formula is C12H10ClN3OS2. The number of thiazole rings is 1. The van der Waals surface area contributed by atoms with E-state index in [1.807, 2.05) is 23.9 Å². The van der Waals surface area contributed by atoms with Crippen molar-refractivity contribution in [3.63, 3.8) is 0 Å². The molecule has 0 saturated carbocycles. The van der Waals surface area contributed by atoms with E-state index in [1.165, 1.54) is 16.2 Å². The van der Waals surface area contributed by atoms with Gasteiger partial charge in [0.2, 0.25) is 11.2 Å². The van der Waals surface area contributed by atoms with Gasteiger partial charge in [0.25, 0.3) is 0 Å². The molecule has 0 aliphatic heterocycles. The van der Waals surface area contributed by atoms with Gasteiger partial charge in [-0.15, -0.1) is 22.7 Å². The first-order valence-electron chi connectivity index (χ1n) is 5.66. The summed E-state index contributed by atoms with van der Waals surface area (Å²) in [6, 6.07) is 1.95. The van der Waals surface area contributed by atoms with Crippen LogP contribution >= 0.6 is 34.3 Å². The highest BCUT2D eigenvalue weighted by Gasteiger charge is 2.09. The van der Waals surface area contributed by atoms with Crippen LogP contribution < -0.4 is 4.74 Å². The van der Waals surface area contributed by atoms with Crippen molar-refractivity contribution in [1.29, 1.82) is 0 Å². The Labute approximate surface area is 123 Å². The van der Waals surface area contributed by atoms with E-state index in [0.717, 1.165) is 22.3 Å². The zero-order valence-electron chi connectivity index (χ0n) is 10.1. The number of rotatable bonds is 4. The first-order valence-corrected chi connectivity index (χ1v) is 7.80. The van der Waals surface area contributed by atoms with Gasteiger partial charge in [0.1, 0.15) is 4.83 Å². The van der Waals surface area contributed by atoms with Crippen molar-refractivity contribution in [3.05, 3.63) is 32.8 Å². The predicted octanol–water partition coefficient (Wildman–Crippen LogP) is 3.73. The Bertz CT molecular complexity index is 710. The second kappa shape index (κ2) is 5.40. The molecule has 0 aliphatic rings. The van der Waals surface area contributed by atoms with Crippen LogP contribution in [0.1, 0.15) is 10.6 Å². The summed E-state index contributed by atoms with van der Waals surface area (Å²) in [6.45, 7) is 2.56. The highest BCUT2D eigenvalue weighted by atomic mass is 35.5. The van der Waals surface area contributed by atoms with E-state index in [4.69, 9.17) is 16.3 Å². The van der Waals surface area contributed by atoms with E-state index < -0.39 is 0 Å². The molecule has 0 fully saturated rings. The van der Waals surface area contributed by atoms with E-state index in [9.17, 15) is 0 Å². The Morgan fingerprint density at radius 1 is 1.32 bits per heavy atom. The number of thiophene rings is 1. The van der Waals surface area contributed by atoms with Crippen molar-refractivity contribution >= 4 is 44.5 Å². The Morgan fingerprint density at radius 3 is 3.00 bits per heavy atom. The zero-order chi connectivity index (χ0) is 13.2. The van der Waals surface area contributed by atoms with Crippen LogP contribution in [0, 0.1) is 6.92 Å². The third kappa shape index (κ3) is 2.70. The lowest BCUT2D eigenvalue weighted by molar-refractivity contribution is 0.314. The van der Waals surface area contributed by atoms with Gasteiger partial charge in [-0.3, -0.25) is 0 Å². The first kappa shape index (κ1) is 12.8. The minimum atomic E-state index is 0.221. The van der Waals surface area contributed by atoms with Gasteiger partial charge in [-0.05, 0) is 30.0 Å². The molecule has 3 rings (SSSR count). The van der Waals surface area contributed by atoms with Gasteiger partial charge >= 0.3 is 0 Å². The summed E-state index contributed by atoms with van der Waals surface area (Å²) in [5.41, 5.74) is 2.92. The molecule has 3 aromatic rings. The van der Waals surface area contributed by atoms with E-state index in [2.05, 4.69) is 15.0 Å². The van der Waals surface area contributed by atoms with Crippen LogP contribution in [0.5, 0.6) is 5.88 Å². The average molecular weight is 312 g/mol. The topological polar surface area (TPSA) is 47.9 Å². The molecule has 0 unspecified atom stereocenters. The molecule has 0 radical (unpaired) electrons. The highest BCUT2D eigenvalue weighted by Crippen LogP contribution is 2.28. The normalized spacial score (nSPS) is 11.1. The lowest BCUT2D eigenvalue weighted by atomic mass is 10.3. The van der Waals surface area contributed by atoms with Crippen molar-refractivity contribution in [1.82, 2.24) is 15.0 Å². The van der Waals surface area contributed by atoms with Crippen LogP contribution in [0.3, 0.4) is 0 Å². The smallest absolute Gasteiger partial charge is 0.227 e. The predicted molar refractivity (Wildman–Crippen MR) is 78.5 cm³/mol. The SMILES string of the molecule is Cc1ncsc1CCOc1nc(Cl)nc2sccc12. The van der Waals surface area contributed by atoms with Gasteiger partial charge in [0.05, 0.1) is 23.2 Å². The molecule has 0 atom stereocenters. The van der Waals surface area contributed by atoms with Gasteiger partial charge in [-0.1, -0.05) is 0 Å².